The first-order valence-electron chi connectivity index (χ1n) is 4.58. The average Bonchev–Trinajstić information content (AvgIpc) is 2.66. The number of thiophene rings is 1. The summed E-state index contributed by atoms with van der Waals surface area (Å²) >= 11 is 10.4. The zero-order valence-corrected chi connectivity index (χ0v) is 11.3. The quantitative estimate of drug-likeness (QED) is 0.847. The Morgan fingerprint density at radius 2 is 2.12 bits per heavy atom. The monoisotopic (exact) mass is 319 g/mol. The molecule has 0 bridgehead atoms. The van der Waals surface area contributed by atoms with Crippen molar-refractivity contribution in [1.82, 2.24) is 0 Å². The minimum Gasteiger partial charge on any atom is -0.380 e. The maximum atomic E-state index is 13.2. The molecule has 5 heteroatoms. The third kappa shape index (κ3) is 2.97. The molecule has 2 aromatic rings. The van der Waals surface area contributed by atoms with Gasteiger partial charge in [-0.3, -0.25) is 0 Å². The van der Waals surface area contributed by atoms with Gasteiger partial charge in [0.15, 0.2) is 0 Å². The van der Waals surface area contributed by atoms with E-state index in [-0.39, 0.29) is 5.82 Å². The van der Waals surface area contributed by atoms with Crippen molar-refractivity contribution in [3.8, 4) is 0 Å². The van der Waals surface area contributed by atoms with Crippen LogP contribution in [0.25, 0.3) is 0 Å². The fourth-order valence-electron chi connectivity index (χ4n) is 1.24. The van der Waals surface area contributed by atoms with E-state index >= 15 is 0 Å². The SMILES string of the molecule is Fc1cc(NCc2ccc(Cl)s2)ccc1Br. The summed E-state index contributed by atoms with van der Waals surface area (Å²) in [5, 5.41) is 3.13. The summed E-state index contributed by atoms with van der Waals surface area (Å²) in [5.41, 5.74) is 0.755. The average molecular weight is 321 g/mol. The molecule has 1 aromatic carbocycles. The van der Waals surface area contributed by atoms with Gasteiger partial charge in [-0.25, -0.2) is 4.39 Å². The van der Waals surface area contributed by atoms with E-state index in [4.69, 9.17) is 11.6 Å². The van der Waals surface area contributed by atoms with Crippen LogP contribution in [0.1, 0.15) is 4.88 Å². The van der Waals surface area contributed by atoms with E-state index in [0.717, 1.165) is 14.9 Å². The minimum atomic E-state index is -0.269. The first kappa shape index (κ1) is 11.9. The molecule has 0 amide bonds. The van der Waals surface area contributed by atoms with Crippen LogP contribution in [0.2, 0.25) is 4.34 Å². The lowest BCUT2D eigenvalue weighted by Gasteiger charge is -2.05. The predicted molar refractivity (Wildman–Crippen MR) is 70.8 cm³/mol. The number of benzene rings is 1. The number of rotatable bonds is 3. The molecule has 0 fully saturated rings. The van der Waals surface area contributed by atoms with Gasteiger partial charge >= 0.3 is 0 Å². The van der Waals surface area contributed by atoms with Gasteiger partial charge < -0.3 is 5.32 Å². The van der Waals surface area contributed by atoms with Crippen LogP contribution in [0.4, 0.5) is 10.1 Å². The molecular weight excluding hydrogens is 313 g/mol. The standard InChI is InChI=1S/C11H8BrClFNS/c12-9-3-1-7(5-10(9)14)15-6-8-2-4-11(13)16-8/h1-5,15H,6H2. The van der Waals surface area contributed by atoms with Crippen LogP contribution in [0.15, 0.2) is 34.8 Å². The van der Waals surface area contributed by atoms with Gasteiger partial charge in [-0.2, -0.15) is 0 Å². The summed E-state index contributed by atoms with van der Waals surface area (Å²) in [7, 11) is 0. The van der Waals surface area contributed by atoms with Crippen LogP contribution in [0, 0.1) is 5.82 Å². The molecule has 0 aliphatic heterocycles. The molecule has 0 aliphatic rings. The minimum absolute atomic E-state index is 0.269. The van der Waals surface area contributed by atoms with Gasteiger partial charge in [0.05, 0.1) is 8.81 Å². The molecule has 0 spiro atoms. The van der Waals surface area contributed by atoms with Crippen molar-refractivity contribution in [2.45, 2.75) is 6.54 Å². The van der Waals surface area contributed by atoms with Crippen molar-refractivity contribution in [3.63, 3.8) is 0 Å². The Balaban J connectivity index is 2.02. The maximum absolute atomic E-state index is 13.2. The summed E-state index contributed by atoms with van der Waals surface area (Å²) in [5.74, 6) is -0.269. The summed E-state index contributed by atoms with van der Waals surface area (Å²) in [6.45, 7) is 0.651. The highest BCUT2D eigenvalue weighted by Crippen LogP contribution is 2.23. The van der Waals surface area contributed by atoms with Crippen molar-refractivity contribution in [1.29, 1.82) is 0 Å². The molecule has 0 radical (unpaired) electrons. The lowest BCUT2D eigenvalue weighted by atomic mass is 10.3. The van der Waals surface area contributed by atoms with E-state index in [1.54, 1.807) is 6.07 Å². The van der Waals surface area contributed by atoms with Crippen LogP contribution >= 0.6 is 38.9 Å². The Bertz CT molecular complexity index is 500. The van der Waals surface area contributed by atoms with Gasteiger partial charge in [0.1, 0.15) is 5.82 Å². The Morgan fingerprint density at radius 1 is 1.31 bits per heavy atom. The molecule has 16 heavy (non-hydrogen) atoms. The van der Waals surface area contributed by atoms with Crippen molar-refractivity contribution in [2.24, 2.45) is 0 Å². The molecule has 0 unspecified atom stereocenters. The van der Waals surface area contributed by atoms with E-state index in [9.17, 15) is 4.39 Å². The van der Waals surface area contributed by atoms with E-state index in [0.29, 0.717) is 11.0 Å². The molecule has 0 aliphatic carbocycles. The topological polar surface area (TPSA) is 12.0 Å². The van der Waals surface area contributed by atoms with Crippen molar-refractivity contribution < 1.29 is 4.39 Å². The second-order valence-corrected chi connectivity index (χ2v) is 5.84. The van der Waals surface area contributed by atoms with Gasteiger partial charge in [-0.1, -0.05) is 11.6 Å². The third-order valence-corrected chi connectivity index (χ3v) is 3.89. The highest BCUT2D eigenvalue weighted by Gasteiger charge is 2.01. The lowest BCUT2D eigenvalue weighted by molar-refractivity contribution is 0.621. The first-order chi connectivity index (χ1) is 7.65. The van der Waals surface area contributed by atoms with Crippen molar-refractivity contribution >= 4 is 44.6 Å². The van der Waals surface area contributed by atoms with Crippen molar-refractivity contribution in [3.05, 3.63) is 49.8 Å². The van der Waals surface area contributed by atoms with Gasteiger partial charge in [0.25, 0.3) is 0 Å². The number of nitrogens with one attached hydrogen (secondary N) is 1. The fraction of sp³-hybridized carbons (Fsp3) is 0.0909. The number of halogens is 3. The van der Waals surface area contributed by atoms with Crippen LogP contribution in [0.3, 0.4) is 0 Å². The molecule has 2 rings (SSSR count). The van der Waals surface area contributed by atoms with E-state index in [1.165, 1.54) is 17.4 Å². The van der Waals surface area contributed by atoms with Crippen molar-refractivity contribution in [2.75, 3.05) is 5.32 Å². The molecule has 84 valence electrons. The highest BCUT2D eigenvalue weighted by atomic mass is 79.9. The lowest BCUT2D eigenvalue weighted by Crippen LogP contribution is -1.97. The summed E-state index contributed by atoms with van der Waals surface area (Å²) in [4.78, 5) is 1.12. The van der Waals surface area contributed by atoms with E-state index in [2.05, 4.69) is 21.2 Å². The maximum Gasteiger partial charge on any atom is 0.139 e. The normalized spacial score (nSPS) is 10.4. The molecule has 1 heterocycles. The fourth-order valence-corrected chi connectivity index (χ4v) is 2.52. The van der Waals surface area contributed by atoms with E-state index in [1.807, 2.05) is 18.2 Å². The van der Waals surface area contributed by atoms with Gasteiger partial charge in [0.2, 0.25) is 0 Å². The summed E-state index contributed by atoms with van der Waals surface area (Å²) in [6.07, 6.45) is 0. The summed E-state index contributed by atoms with van der Waals surface area (Å²) < 4.78 is 14.4. The molecule has 1 N–H and O–H groups in total. The smallest absolute Gasteiger partial charge is 0.139 e. The van der Waals surface area contributed by atoms with Gasteiger partial charge in [-0.15, -0.1) is 11.3 Å². The Kier molecular flexibility index (Phi) is 3.84. The molecule has 1 nitrogen and oxygen atoms in total. The zero-order valence-electron chi connectivity index (χ0n) is 8.14. The molecular formula is C11H8BrClFNS. The van der Waals surface area contributed by atoms with Gasteiger partial charge in [-0.05, 0) is 46.3 Å². The predicted octanol–water partition coefficient (Wildman–Crippen LogP) is 4.92. The number of hydrogen-bond acceptors (Lipinski definition) is 2. The van der Waals surface area contributed by atoms with Crippen LogP contribution < -0.4 is 5.32 Å². The second-order valence-electron chi connectivity index (χ2n) is 3.19. The molecule has 1 aromatic heterocycles. The third-order valence-electron chi connectivity index (χ3n) is 2.02. The largest absolute Gasteiger partial charge is 0.380 e. The Labute approximate surface area is 110 Å². The Morgan fingerprint density at radius 3 is 2.75 bits per heavy atom. The first-order valence-corrected chi connectivity index (χ1v) is 6.57. The highest BCUT2D eigenvalue weighted by molar-refractivity contribution is 9.10. The molecule has 0 atom stereocenters. The molecule has 0 saturated heterocycles. The number of anilines is 1. The Hall–Kier alpha value is -0.580. The van der Waals surface area contributed by atoms with Crippen LogP contribution in [-0.2, 0) is 6.54 Å². The van der Waals surface area contributed by atoms with Gasteiger partial charge in [0, 0.05) is 17.1 Å². The second kappa shape index (κ2) is 5.17. The molecule has 0 saturated carbocycles. The zero-order chi connectivity index (χ0) is 11.5. The summed E-state index contributed by atoms with van der Waals surface area (Å²) in [6, 6.07) is 8.77. The van der Waals surface area contributed by atoms with E-state index < -0.39 is 0 Å². The number of hydrogen-bond donors (Lipinski definition) is 1. The van der Waals surface area contributed by atoms with Crippen LogP contribution in [-0.4, -0.2) is 0 Å². The van der Waals surface area contributed by atoms with Crippen LogP contribution in [0.5, 0.6) is 0 Å².